The predicted molar refractivity (Wildman–Crippen MR) is 92.8 cm³/mol. The maximum absolute atomic E-state index is 12.4. The topological polar surface area (TPSA) is 86.8 Å². The molecule has 2 aromatic rings. The predicted octanol–water partition coefficient (Wildman–Crippen LogP) is 3.04. The van der Waals surface area contributed by atoms with Crippen LogP contribution < -0.4 is 14.8 Å². The van der Waals surface area contributed by atoms with Crippen molar-refractivity contribution in [2.45, 2.75) is 20.3 Å². The Morgan fingerprint density at radius 1 is 1.28 bits per heavy atom. The highest BCUT2D eigenvalue weighted by Gasteiger charge is 2.19. The van der Waals surface area contributed by atoms with E-state index in [2.05, 4.69) is 10.3 Å². The molecule has 0 spiro atoms. The smallest absolute Gasteiger partial charge is 0.350 e. The Morgan fingerprint density at radius 3 is 2.80 bits per heavy atom. The van der Waals surface area contributed by atoms with Crippen LogP contribution in [0.1, 0.15) is 39.1 Å². The minimum atomic E-state index is -0.437. The maximum Gasteiger partial charge on any atom is 0.350 e. The molecular weight excluding hydrogens is 344 g/mol. The van der Waals surface area contributed by atoms with E-state index in [-0.39, 0.29) is 12.5 Å². The molecule has 132 valence electrons. The lowest BCUT2D eigenvalue weighted by atomic mass is 10.2. The van der Waals surface area contributed by atoms with E-state index >= 15 is 0 Å². The Labute approximate surface area is 148 Å². The van der Waals surface area contributed by atoms with Crippen molar-refractivity contribution in [3.63, 3.8) is 0 Å². The van der Waals surface area contributed by atoms with Crippen molar-refractivity contribution >= 4 is 28.3 Å². The molecule has 1 aliphatic heterocycles. The second-order valence-corrected chi connectivity index (χ2v) is 6.32. The van der Waals surface area contributed by atoms with Crippen LogP contribution in [0.2, 0.25) is 0 Å². The highest BCUT2D eigenvalue weighted by Crippen LogP contribution is 2.31. The third kappa shape index (κ3) is 3.90. The van der Waals surface area contributed by atoms with Crippen LogP contribution in [0, 0.1) is 6.92 Å². The van der Waals surface area contributed by atoms with Crippen LogP contribution in [0.5, 0.6) is 11.5 Å². The average Bonchev–Trinajstić information content (AvgIpc) is 2.81. The number of fused-ring (bicyclic) bond motifs is 1. The van der Waals surface area contributed by atoms with Gasteiger partial charge in [0.05, 0.1) is 25.5 Å². The van der Waals surface area contributed by atoms with E-state index in [1.807, 2.05) is 0 Å². The van der Waals surface area contributed by atoms with Crippen LogP contribution in [0.3, 0.4) is 0 Å². The van der Waals surface area contributed by atoms with E-state index in [0.29, 0.717) is 46.0 Å². The summed E-state index contributed by atoms with van der Waals surface area (Å²) in [5, 5.41) is 3.05. The van der Waals surface area contributed by atoms with E-state index in [9.17, 15) is 9.59 Å². The van der Waals surface area contributed by atoms with Gasteiger partial charge in [-0.05, 0) is 32.0 Å². The molecule has 1 N–H and O–H groups in total. The third-order valence-electron chi connectivity index (χ3n) is 3.49. The highest BCUT2D eigenvalue weighted by molar-refractivity contribution is 7.17. The quantitative estimate of drug-likeness (QED) is 0.841. The van der Waals surface area contributed by atoms with Gasteiger partial charge in [0.25, 0.3) is 5.91 Å². The molecule has 0 saturated heterocycles. The summed E-state index contributed by atoms with van der Waals surface area (Å²) in [6.45, 7) is 4.86. The fourth-order valence-corrected chi connectivity index (χ4v) is 3.16. The van der Waals surface area contributed by atoms with Crippen molar-refractivity contribution < 1.29 is 23.8 Å². The number of hydrogen-bond acceptors (Lipinski definition) is 7. The Balaban J connectivity index is 1.75. The molecule has 1 amide bonds. The number of esters is 1. The summed E-state index contributed by atoms with van der Waals surface area (Å²) in [5.41, 5.74) is 0.951. The summed E-state index contributed by atoms with van der Waals surface area (Å²) in [4.78, 5) is 28.9. The summed E-state index contributed by atoms with van der Waals surface area (Å²) >= 11 is 1.09. The van der Waals surface area contributed by atoms with Gasteiger partial charge in [-0.2, -0.15) is 0 Å². The van der Waals surface area contributed by atoms with Crippen LogP contribution in [0.15, 0.2) is 18.2 Å². The van der Waals surface area contributed by atoms with E-state index in [4.69, 9.17) is 14.2 Å². The van der Waals surface area contributed by atoms with Crippen LogP contribution in [-0.4, -0.2) is 36.7 Å². The summed E-state index contributed by atoms with van der Waals surface area (Å²) in [6, 6.07) is 5.02. The molecule has 0 aliphatic carbocycles. The SMILES string of the molecule is CCOC(=O)c1sc(NC(=O)c2ccc3c(c2)OCCCO3)nc1C. The molecule has 0 radical (unpaired) electrons. The second kappa shape index (κ2) is 7.52. The minimum Gasteiger partial charge on any atom is -0.490 e. The van der Waals surface area contributed by atoms with Crippen LogP contribution >= 0.6 is 11.3 Å². The summed E-state index contributed by atoms with van der Waals surface area (Å²) in [5.74, 6) is 0.407. The van der Waals surface area contributed by atoms with Gasteiger partial charge in [0.15, 0.2) is 16.6 Å². The van der Waals surface area contributed by atoms with Crippen molar-refractivity contribution in [1.29, 1.82) is 0 Å². The van der Waals surface area contributed by atoms with Gasteiger partial charge in [0, 0.05) is 12.0 Å². The maximum atomic E-state index is 12.4. The normalized spacial score (nSPS) is 13.0. The van der Waals surface area contributed by atoms with Gasteiger partial charge in [0.1, 0.15) is 4.88 Å². The third-order valence-corrected chi connectivity index (χ3v) is 4.54. The van der Waals surface area contributed by atoms with Crippen LogP contribution in [-0.2, 0) is 4.74 Å². The van der Waals surface area contributed by atoms with Crippen molar-refractivity contribution in [3.8, 4) is 11.5 Å². The molecule has 8 heteroatoms. The molecule has 0 bridgehead atoms. The molecule has 1 aromatic heterocycles. The summed E-state index contributed by atoms with van der Waals surface area (Å²) in [7, 11) is 0. The summed E-state index contributed by atoms with van der Waals surface area (Å²) < 4.78 is 16.1. The van der Waals surface area contributed by atoms with E-state index < -0.39 is 5.97 Å². The van der Waals surface area contributed by atoms with E-state index in [1.165, 1.54) is 0 Å². The first-order valence-electron chi connectivity index (χ1n) is 7.94. The molecule has 3 rings (SSSR count). The number of carbonyl (C=O) groups is 2. The monoisotopic (exact) mass is 362 g/mol. The zero-order chi connectivity index (χ0) is 17.8. The first-order chi connectivity index (χ1) is 12.1. The molecule has 1 aliphatic rings. The fourth-order valence-electron chi connectivity index (χ4n) is 2.31. The van der Waals surface area contributed by atoms with Crippen molar-refractivity contribution in [1.82, 2.24) is 4.98 Å². The number of aryl methyl sites for hydroxylation is 1. The van der Waals surface area contributed by atoms with Crippen molar-refractivity contribution in [2.24, 2.45) is 0 Å². The number of thiazole rings is 1. The molecule has 1 aromatic carbocycles. The molecule has 0 fully saturated rings. The van der Waals surface area contributed by atoms with Crippen molar-refractivity contribution in [3.05, 3.63) is 34.3 Å². The number of aromatic nitrogens is 1. The number of hydrogen-bond donors (Lipinski definition) is 1. The minimum absolute atomic E-state index is 0.287. The highest BCUT2D eigenvalue weighted by atomic mass is 32.1. The molecule has 25 heavy (non-hydrogen) atoms. The number of anilines is 1. The lowest BCUT2D eigenvalue weighted by Gasteiger charge is -2.08. The average molecular weight is 362 g/mol. The molecule has 0 atom stereocenters. The lowest BCUT2D eigenvalue weighted by molar-refractivity contribution is 0.0531. The number of nitrogens with zero attached hydrogens (tertiary/aromatic N) is 1. The van der Waals surface area contributed by atoms with Gasteiger partial charge in [-0.3, -0.25) is 10.1 Å². The zero-order valence-corrected chi connectivity index (χ0v) is 14.8. The fraction of sp³-hybridized carbons (Fsp3) is 0.353. The standard InChI is InChI=1S/C17H18N2O5S/c1-3-22-16(21)14-10(2)18-17(25-14)19-15(20)11-5-6-12-13(9-11)24-8-4-7-23-12/h5-6,9H,3-4,7-8H2,1-2H3,(H,18,19,20). The second-order valence-electron chi connectivity index (χ2n) is 5.32. The van der Waals surface area contributed by atoms with Gasteiger partial charge in [-0.15, -0.1) is 0 Å². The number of carbonyl (C=O) groups excluding carboxylic acids is 2. The van der Waals surface area contributed by atoms with Crippen LogP contribution in [0.4, 0.5) is 5.13 Å². The number of benzene rings is 1. The summed E-state index contributed by atoms with van der Waals surface area (Å²) in [6.07, 6.45) is 0.797. The first-order valence-corrected chi connectivity index (χ1v) is 8.75. The largest absolute Gasteiger partial charge is 0.490 e. The Morgan fingerprint density at radius 2 is 2.04 bits per heavy atom. The number of amides is 1. The van der Waals surface area contributed by atoms with Gasteiger partial charge >= 0.3 is 5.97 Å². The first kappa shape index (κ1) is 17.2. The van der Waals surface area contributed by atoms with Gasteiger partial charge in [-0.1, -0.05) is 11.3 Å². The molecular formula is C17H18N2O5S. The Bertz CT molecular complexity index is 802. The lowest BCUT2D eigenvalue weighted by Crippen LogP contribution is -2.12. The molecule has 0 saturated carbocycles. The number of nitrogens with one attached hydrogen (secondary N) is 1. The van der Waals surface area contributed by atoms with Crippen LogP contribution in [0.25, 0.3) is 0 Å². The zero-order valence-electron chi connectivity index (χ0n) is 14.0. The number of ether oxygens (including phenoxy) is 3. The Kier molecular flexibility index (Phi) is 5.18. The van der Waals surface area contributed by atoms with Gasteiger partial charge in [0.2, 0.25) is 0 Å². The van der Waals surface area contributed by atoms with Gasteiger partial charge < -0.3 is 14.2 Å². The number of rotatable bonds is 4. The molecule has 2 heterocycles. The molecule has 7 nitrogen and oxygen atoms in total. The van der Waals surface area contributed by atoms with E-state index in [1.54, 1.807) is 32.0 Å². The van der Waals surface area contributed by atoms with Gasteiger partial charge in [-0.25, -0.2) is 9.78 Å². The Hall–Kier alpha value is -2.61. The molecule has 0 unspecified atom stereocenters. The van der Waals surface area contributed by atoms with Crippen molar-refractivity contribution in [2.75, 3.05) is 25.1 Å². The van der Waals surface area contributed by atoms with E-state index in [0.717, 1.165) is 17.8 Å².